The topological polar surface area (TPSA) is 77.2 Å². The first-order chi connectivity index (χ1) is 10.6. The number of rotatable bonds is 5. The Morgan fingerprint density at radius 2 is 2.41 bits per heavy atom. The lowest BCUT2D eigenvalue weighted by Gasteiger charge is -2.04. The van der Waals surface area contributed by atoms with Crippen molar-refractivity contribution in [3.63, 3.8) is 0 Å². The fourth-order valence-corrected chi connectivity index (χ4v) is 3.09. The van der Waals surface area contributed by atoms with E-state index in [1.54, 1.807) is 0 Å². The lowest BCUT2D eigenvalue weighted by molar-refractivity contribution is -0.116. The van der Waals surface area contributed by atoms with Crippen LogP contribution in [-0.4, -0.2) is 23.5 Å². The van der Waals surface area contributed by atoms with Crippen LogP contribution in [0.15, 0.2) is 23.6 Å². The van der Waals surface area contributed by atoms with Crippen LogP contribution in [0.2, 0.25) is 0 Å². The van der Waals surface area contributed by atoms with Crippen LogP contribution in [0.5, 0.6) is 5.75 Å². The summed E-state index contributed by atoms with van der Waals surface area (Å²) >= 11 is 1.43. The highest BCUT2D eigenvalue weighted by molar-refractivity contribution is 7.14. The van der Waals surface area contributed by atoms with E-state index in [1.165, 1.54) is 16.9 Å². The van der Waals surface area contributed by atoms with Gasteiger partial charge in [0.05, 0.1) is 12.3 Å². The van der Waals surface area contributed by atoms with Crippen molar-refractivity contribution < 1.29 is 9.53 Å². The lowest BCUT2D eigenvalue weighted by atomic mass is 10.1. The second-order valence-corrected chi connectivity index (χ2v) is 6.38. The zero-order valence-corrected chi connectivity index (χ0v) is 13.3. The van der Waals surface area contributed by atoms with Crippen LogP contribution in [0.25, 0.3) is 11.3 Å². The minimum atomic E-state index is -0.0412. The van der Waals surface area contributed by atoms with Gasteiger partial charge in [0.2, 0.25) is 5.91 Å². The number of hydrogen-bond donors (Lipinski definition) is 2. The van der Waals surface area contributed by atoms with Crippen molar-refractivity contribution >= 4 is 22.4 Å². The molecule has 0 aliphatic carbocycles. The molecule has 22 heavy (non-hydrogen) atoms. The Balaban J connectivity index is 1.67. The van der Waals surface area contributed by atoms with Crippen molar-refractivity contribution in [3.05, 3.63) is 29.1 Å². The Hall–Kier alpha value is -1.92. The van der Waals surface area contributed by atoms with Gasteiger partial charge in [0.25, 0.3) is 0 Å². The maximum Gasteiger partial charge on any atom is 0.226 e. The van der Waals surface area contributed by atoms with Gasteiger partial charge in [-0.05, 0) is 37.1 Å². The fraction of sp³-hybridized carbons (Fsp3) is 0.375. The number of amides is 1. The molecule has 3 N–H and O–H groups in total. The first-order valence-electron chi connectivity index (χ1n) is 7.39. The van der Waals surface area contributed by atoms with Crippen molar-refractivity contribution in [1.82, 2.24) is 4.98 Å². The molecule has 0 fully saturated rings. The van der Waals surface area contributed by atoms with E-state index in [1.807, 2.05) is 24.4 Å². The van der Waals surface area contributed by atoms with E-state index in [9.17, 15) is 4.79 Å². The molecule has 0 radical (unpaired) electrons. The number of nitrogens with one attached hydrogen (secondary N) is 1. The van der Waals surface area contributed by atoms with Gasteiger partial charge < -0.3 is 15.8 Å². The summed E-state index contributed by atoms with van der Waals surface area (Å²) < 4.78 is 5.51. The summed E-state index contributed by atoms with van der Waals surface area (Å²) in [5.41, 5.74) is 8.80. The van der Waals surface area contributed by atoms with Gasteiger partial charge in [-0.3, -0.25) is 4.79 Å². The van der Waals surface area contributed by atoms with Crippen LogP contribution in [-0.2, 0) is 11.2 Å². The number of thiazole rings is 1. The third kappa shape index (κ3) is 3.45. The van der Waals surface area contributed by atoms with E-state index in [2.05, 4.69) is 16.4 Å². The van der Waals surface area contributed by atoms with Crippen LogP contribution in [0.3, 0.4) is 0 Å². The summed E-state index contributed by atoms with van der Waals surface area (Å²) in [5, 5.41) is 5.41. The van der Waals surface area contributed by atoms with Crippen molar-refractivity contribution in [2.45, 2.75) is 32.2 Å². The molecule has 1 unspecified atom stereocenters. The highest BCUT2D eigenvalue weighted by Gasteiger charge is 2.14. The summed E-state index contributed by atoms with van der Waals surface area (Å²) in [5.74, 6) is 0.920. The van der Waals surface area contributed by atoms with Gasteiger partial charge in [-0.25, -0.2) is 4.98 Å². The monoisotopic (exact) mass is 317 g/mol. The van der Waals surface area contributed by atoms with E-state index in [-0.39, 0.29) is 11.9 Å². The molecule has 6 heteroatoms. The summed E-state index contributed by atoms with van der Waals surface area (Å²) in [6.45, 7) is 2.64. The van der Waals surface area contributed by atoms with Crippen LogP contribution in [0, 0.1) is 0 Å². The van der Waals surface area contributed by atoms with Crippen molar-refractivity contribution in [2.24, 2.45) is 5.73 Å². The number of carbonyl (C=O) groups excluding carboxylic acids is 1. The summed E-state index contributed by atoms with van der Waals surface area (Å²) in [4.78, 5) is 16.3. The van der Waals surface area contributed by atoms with E-state index >= 15 is 0 Å². The highest BCUT2D eigenvalue weighted by atomic mass is 32.1. The number of nitrogens with zero attached hydrogens (tertiary/aromatic N) is 1. The molecule has 5 nitrogen and oxygen atoms in total. The Morgan fingerprint density at radius 1 is 1.55 bits per heavy atom. The van der Waals surface area contributed by atoms with Gasteiger partial charge >= 0.3 is 0 Å². The summed E-state index contributed by atoms with van der Waals surface area (Å²) in [6.07, 6.45) is 2.03. The summed E-state index contributed by atoms with van der Waals surface area (Å²) in [6, 6.07) is 6.13. The van der Waals surface area contributed by atoms with Crippen LogP contribution < -0.4 is 15.8 Å². The molecular formula is C16H19N3O2S. The molecule has 116 valence electrons. The molecule has 1 aromatic carbocycles. The largest absolute Gasteiger partial charge is 0.493 e. The standard InChI is InChI=1S/C16H19N3O2S/c1-10(17)2-5-15(20)19-16-18-13(9-22-16)11-3-4-14-12(8-11)6-7-21-14/h3-4,8-10H,2,5-7,17H2,1H3,(H,18,19,20). The van der Waals surface area contributed by atoms with Crippen molar-refractivity contribution in [2.75, 3.05) is 11.9 Å². The Bertz CT molecular complexity index is 682. The number of benzene rings is 1. The maximum absolute atomic E-state index is 11.8. The predicted molar refractivity (Wildman–Crippen MR) is 88.3 cm³/mol. The van der Waals surface area contributed by atoms with Gasteiger partial charge in [-0.15, -0.1) is 11.3 Å². The van der Waals surface area contributed by atoms with Gasteiger partial charge in [-0.2, -0.15) is 0 Å². The lowest BCUT2D eigenvalue weighted by Crippen LogP contribution is -2.19. The Labute approximate surface area is 133 Å². The minimum Gasteiger partial charge on any atom is -0.493 e. The van der Waals surface area contributed by atoms with Crippen molar-refractivity contribution in [1.29, 1.82) is 0 Å². The van der Waals surface area contributed by atoms with Crippen molar-refractivity contribution in [3.8, 4) is 17.0 Å². The molecule has 1 aliphatic rings. The zero-order valence-electron chi connectivity index (χ0n) is 12.5. The first-order valence-corrected chi connectivity index (χ1v) is 8.27. The fourth-order valence-electron chi connectivity index (χ4n) is 2.35. The number of ether oxygens (including phenoxy) is 1. The molecule has 1 aromatic heterocycles. The quantitative estimate of drug-likeness (QED) is 0.889. The Kier molecular flexibility index (Phi) is 4.40. The minimum absolute atomic E-state index is 0.0336. The number of aromatic nitrogens is 1. The van der Waals surface area contributed by atoms with E-state index < -0.39 is 0 Å². The van der Waals surface area contributed by atoms with Crippen LogP contribution >= 0.6 is 11.3 Å². The SMILES string of the molecule is CC(N)CCC(=O)Nc1nc(-c2ccc3c(c2)CCO3)cs1. The maximum atomic E-state index is 11.8. The highest BCUT2D eigenvalue weighted by Crippen LogP contribution is 2.31. The molecule has 1 amide bonds. The summed E-state index contributed by atoms with van der Waals surface area (Å²) in [7, 11) is 0. The molecule has 1 atom stereocenters. The van der Waals surface area contributed by atoms with Gasteiger partial charge in [0.1, 0.15) is 5.75 Å². The van der Waals surface area contributed by atoms with Gasteiger partial charge in [-0.1, -0.05) is 0 Å². The average Bonchev–Trinajstić information content (AvgIpc) is 3.12. The van der Waals surface area contributed by atoms with Gasteiger partial charge in [0, 0.05) is 29.8 Å². The second-order valence-electron chi connectivity index (χ2n) is 5.52. The predicted octanol–water partition coefficient (Wildman–Crippen LogP) is 2.81. The molecular weight excluding hydrogens is 298 g/mol. The molecule has 3 rings (SSSR count). The number of fused-ring (bicyclic) bond motifs is 1. The first kappa shape index (κ1) is 15.0. The second kappa shape index (κ2) is 6.46. The normalized spacial score (nSPS) is 14.3. The van der Waals surface area contributed by atoms with Gasteiger partial charge in [0.15, 0.2) is 5.13 Å². The molecule has 2 aromatic rings. The van der Waals surface area contributed by atoms with Crippen LogP contribution in [0.4, 0.5) is 5.13 Å². The third-order valence-corrected chi connectivity index (χ3v) is 4.32. The molecule has 0 bridgehead atoms. The smallest absolute Gasteiger partial charge is 0.226 e. The third-order valence-electron chi connectivity index (χ3n) is 3.56. The van der Waals surface area contributed by atoms with E-state index in [4.69, 9.17) is 10.5 Å². The molecule has 0 spiro atoms. The molecule has 0 saturated heterocycles. The average molecular weight is 317 g/mol. The number of nitrogens with two attached hydrogens (primary N) is 1. The van der Waals surface area contributed by atoms with Crippen LogP contribution in [0.1, 0.15) is 25.3 Å². The number of hydrogen-bond acceptors (Lipinski definition) is 5. The Morgan fingerprint density at radius 3 is 3.23 bits per heavy atom. The number of carbonyl (C=O) groups is 1. The number of anilines is 1. The molecule has 2 heterocycles. The van der Waals surface area contributed by atoms with E-state index in [0.717, 1.165) is 30.0 Å². The zero-order chi connectivity index (χ0) is 15.5. The molecule has 1 aliphatic heterocycles. The molecule has 0 saturated carbocycles. The van der Waals surface area contributed by atoms with E-state index in [0.29, 0.717) is 18.0 Å².